The molecular formula is C17H27N5O. The molecule has 1 aliphatic heterocycles. The van der Waals surface area contributed by atoms with Crippen molar-refractivity contribution in [2.24, 2.45) is 5.41 Å². The number of rotatable bonds is 6. The highest BCUT2D eigenvalue weighted by Crippen LogP contribution is 2.28. The minimum absolute atomic E-state index is 0.310. The first-order valence-electron chi connectivity index (χ1n) is 8.32. The number of pyridine rings is 1. The molecule has 1 unspecified atom stereocenters. The fourth-order valence-electron chi connectivity index (χ4n) is 2.99. The van der Waals surface area contributed by atoms with E-state index >= 15 is 0 Å². The predicted molar refractivity (Wildman–Crippen MR) is 91.1 cm³/mol. The fraction of sp³-hybridized carbons (Fsp3) is 0.647. The van der Waals surface area contributed by atoms with E-state index in [-0.39, 0.29) is 0 Å². The second-order valence-electron chi connectivity index (χ2n) is 6.45. The third-order valence-electron chi connectivity index (χ3n) is 4.36. The van der Waals surface area contributed by atoms with Crippen molar-refractivity contribution in [2.45, 2.75) is 39.7 Å². The molecule has 4 N–H and O–H groups in total. The molecule has 6 heteroatoms. The zero-order valence-electron chi connectivity index (χ0n) is 14.1. The predicted octanol–water partition coefficient (Wildman–Crippen LogP) is 1.80. The van der Waals surface area contributed by atoms with Gasteiger partial charge in [0.2, 0.25) is 5.88 Å². The van der Waals surface area contributed by atoms with Gasteiger partial charge < -0.3 is 21.1 Å². The van der Waals surface area contributed by atoms with Gasteiger partial charge in [0, 0.05) is 13.1 Å². The Balaban J connectivity index is 1.99. The van der Waals surface area contributed by atoms with E-state index < -0.39 is 0 Å². The number of aromatic nitrogens is 1. The summed E-state index contributed by atoms with van der Waals surface area (Å²) in [6.07, 6.45) is 3.61. The maximum absolute atomic E-state index is 9.15. The van der Waals surface area contributed by atoms with Crippen LogP contribution < -0.4 is 21.1 Å². The zero-order chi connectivity index (χ0) is 16.7. The number of nitrogens with one attached hydrogen (secondary N) is 2. The third-order valence-corrected chi connectivity index (χ3v) is 4.36. The normalized spacial score (nSPS) is 21.4. The van der Waals surface area contributed by atoms with Gasteiger partial charge >= 0.3 is 0 Å². The minimum Gasteiger partial charge on any atom is -0.477 e. The summed E-state index contributed by atoms with van der Waals surface area (Å²) in [6, 6.07) is 3.81. The average Bonchev–Trinajstić information content (AvgIpc) is 2.72. The van der Waals surface area contributed by atoms with E-state index in [1.807, 2.05) is 6.92 Å². The highest BCUT2D eigenvalue weighted by molar-refractivity contribution is 5.59. The number of anilines is 1. The molecule has 23 heavy (non-hydrogen) atoms. The number of nitrogens with two attached hydrogens (primary N) is 1. The molecule has 0 aliphatic carbocycles. The van der Waals surface area contributed by atoms with E-state index in [9.17, 15) is 0 Å². The summed E-state index contributed by atoms with van der Waals surface area (Å²) in [5.74, 6) is 0.330. The first-order chi connectivity index (χ1) is 11.1. The third kappa shape index (κ3) is 4.81. The lowest BCUT2D eigenvalue weighted by Gasteiger charge is -2.28. The van der Waals surface area contributed by atoms with Crippen LogP contribution in [0.15, 0.2) is 6.07 Å². The molecule has 126 valence electrons. The van der Waals surface area contributed by atoms with Crippen molar-refractivity contribution in [1.82, 2.24) is 15.6 Å². The van der Waals surface area contributed by atoms with Crippen molar-refractivity contribution in [2.75, 3.05) is 32.0 Å². The van der Waals surface area contributed by atoms with Gasteiger partial charge in [-0.25, -0.2) is 4.98 Å². The van der Waals surface area contributed by atoms with Crippen molar-refractivity contribution in [3.8, 4) is 11.9 Å². The van der Waals surface area contributed by atoms with Crippen molar-refractivity contribution in [3.05, 3.63) is 17.3 Å². The molecular weight excluding hydrogens is 290 g/mol. The maximum atomic E-state index is 9.15. The molecule has 0 aromatic carbocycles. The van der Waals surface area contributed by atoms with Gasteiger partial charge in [-0.3, -0.25) is 0 Å². The van der Waals surface area contributed by atoms with Crippen molar-refractivity contribution >= 4 is 5.69 Å². The Morgan fingerprint density at radius 1 is 1.48 bits per heavy atom. The highest BCUT2D eigenvalue weighted by atomic mass is 16.5. The monoisotopic (exact) mass is 317 g/mol. The van der Waals surface area contributed by atoms with Crippen LogP contribution >= 0.6 is 0 Å². The Labute approximate surface area is 138 Å². The average molecular weight is 317 g/mol. The Morgan fingerprint density at radius 3 is 3.04 bits per heavy atom. The number of nitrogens with zero attached hydrogens (tertiary/aromatic N) is 2. The van der Waals surface area contributed by atoms with Crippen LogP contribution in [0.25, 0.3) is 0 Å². The molecule has 1 aromatic heterocycles. The Hall–Kier alpha value is -1.84. The lowest BCUT2D eigenvalue weighted by atomic mass is 9.83. The lowest BCUT2D eigenvalue weighted by Crippen LogP contribution is -2.32. The first kappa shape index (κ1) is 17.5. The Kier molecular flexibility index (Phi) is 6.20. The number of nitriles is 1. The topological polar surface area (TPSA) is 96.0 Å². The molecule has 0 spiro atoms. The number of hydrogen-bond donors (Lipinski definition) is 3. The molecule has 0 saturated carbocycles. The van der Waals surface area contributed by atoms with Gasteiger partial charge in [0.25, 0.3) is 0 Å². The summed E-state index contributed by atoms with van der Waals surface area (Å²) in [6.45, 7) is 8.42. The summed E-state index contributed by atoms with van der Waals surface area (Å²) in [5.41, 5.74) is 7.80. The first-order valence-corrected chi connectivity index (χ1v) is 8.32. The molecule has 6 nitrogen and oxygen atoms in total. The molecule has 1 fully saturated rings. The van der Waals surface area contributed by atoms with Crippen LogP contribution in [0.2, 0.25) is 0 Å². The quantitative estimate of drug-likeness (QED) is 0.740. The molecule has 1 atom stereocenters. The molecule has 0 radical (unpaired) electrons. The molecule has 2 rings (SSSR count). The molecule has 1 aliphatic rings. The van der Waals surface area contributed by atoms with Gasteiger partial charge in [-0.15, -0.1) is 0 Å². The Bertz CT molecular complexity index is 559. The van der Waals surface area contributed by atoms with Crippen molar-refractivity contribution < 1.29 is 4.74 Å². The van der Waals surface area contributed by atoms with Gasteiger partial charge in [0.1, 0.15) is 11.6 Å². The number of hydrogen-bond acceptors (Lipinski definition) is 6. The van der Waals surface area contributed by atoms with Crippen molar-refractivity contribution in [3.63, 3.8) is 0 Å². The number of nitrogen functional groups attached to an aromatic ring is 1. The van der Waals surface area contributed by atoms with Crippen LogP contribution in [0.3, 0.4) is 0 Å². The van der Waals surface area contributed by atoms with E-state index in [1.54, 1.807) is 6.07 Å². The Morgan fingerprint density at radius 2 is 2.30 bits per heavy atom. The smallest absolute Gasteiger partial charge is 0.234 e. The van der Waals surface area contributed by atoms with E-state index in [4.69, 9.17) is 15.7 Å². The second kappa shape index (κ2) is 8.14. The van der Waals surface area contributed by atoms with Crippen molar-refractivity contribution in [1.29, 1.82) is 5.26 Å². The van der Waals surface area contributed by atoms with Gasteiger partial charge in [0.15, 0.2) is 0 Å². The lowest BCUT2D eigenvalue weighted by molar-refractivity contribution is 0.269. The molecule has 1 aromatic rings. The summed E-state index contributed by atoms with van der Waals surface area (Å²) in [4.78, 5) is 4.42. The molecule has 2 heterocycles. The molecule has 1 saturated heterocycles. The maximum Gasteiger partial charge on any atom is 0.234 e. The van der Waals surface area contributed by atoms with Gasteiger partial charge in [-0.1, -0.05) is 6.92 Å². The van der Waals surface area contributed by atoms with Crippen LogP contribution in [0.4, 0.5) is 5.69 Å². The van der Waals surface area contributed by atoms with Crippen LogP contribution in [0.5, 0.6) is 5.88 Å². The number of ether oxygens (including phenoxy) is 1. The van der Waals surface area contributed by atoms with E-state index in [0.717, 1.165) is 25.3 Å². The standard InChI is InChI=1S/C17H27N5O/c1-3-23-16-14(10-18)15(19)9-13(22-16)11-21-12-17(2)5-4-7-20-8-6-17/h9,20-21H,3-8,11-12H2,1-2H3,(H2,19,22). The SMILES string of the molecule is CCOc1nc(CNCC2(C)CCCNCC2)cc(N)c1C#N. The summed E-state index contributed by atoms with van der Waals surface area (Å²) in [5, 5.41) is 16.1. The van der Waals surface area contributed by atoms with Gasteiger partial charge in [-0.2, -0.15) is 5.26 Å². The zero-order valence-corrected chi connectivity index (χ0v) is 14.1. The summed E-state index contributed by atoms with van der Waals surface area (Å²) in [7, 11) is 0. The summed E-state index contributed by atoms with van der Waals surface area (Å²) < 4.78 is 5.43. The largest absolute Gasteiger partial charge is 0.477 e. The van der Waals surface area contributed by atoms with E-state index in [2.05, 4.69) is 28.6 Å². The minimum atomic E-state index is 0.310. The van der Waals surface area contributed by atoms with Gasteiger partial charge in [-0.05, 0) is 50.8 Å². The van der Waals surface area contributed by atoms with Crippen LogP contribution in [0.1, 0.15) is 44.4 Å². The van der Waals surface area contributed by atoms with Crippen LogP contribution in [0, 0.1) is 16.7 Å². The summed E-state index contributed by atoms with van der Waals surface area (Å²) >= 11 is 0. The van der Waals surface area contributed by atoms with Gasteiger partial charge in [0.05, 0.1) is 18.0 Å². The van der Waals surface area contributed by atoms with Crippen LogP contribution in [-0.2, 0) is 6.54 Å². The fourth-order valence-corrected chi connectivity index (χ4v) is 2.99. The van der Waals surface area contributed by atoms with E-state index in [0.29, 0.717) is 35.7 Å². The molecule has 0 bridgehead atoms. The van der Waals surface area contributed by atoms with Crippen LogP contribution in [-0.4, -0.2) is 31.2 Å². The van der Waals surface area contributed by atoms with E-state index in [1.165, 1.54) is 19.3 Å². The molecule has 0 amide bonds. The highest BCUT2D eigenvalue weighted by Gasteiger charge is 2.25. The second-order valence-corrected chi connectivity index (χ2v) is 6.45.